The molecule has 0 unspecified atom stereocenters. The van der Waals surface area contributed by atoms with Crippen LogP contribution in [0.25, 0.3) is 0 Å². The summed E-state index contributed by atoms with van der Waals surface area (Å²) < 4.78 is 12.9. The molecule has 2 aromatic rings. The highest BCUT2D eigenvalue weighted by Crippen LogP contribution is 2.65. The zero-order chi connectivity index (χ0) is 23.9. The summed E-state index contributed by atoms with van der Waals surface area (Å²) in [5, 5.41) is 34.2. The Morgan fingerprint density at radius 3 is 2.69 bits per heavy atom. The van der Waals surface area contributed by atoms with Crippen molar-refractivity contribution in [2.75, 3.05) is 13.1 Å². The van der Waals surface area contributed by atoms with E-state index in [-0.39, 0.29) is 29.7 Å². The van der Waals surface area contributed by atoms with Gasteiger partial charge in [-0.1, -0.05) is 6.07 Å². The molecule has 8 nitrogen and oxygen atoms in total. The second kappa shape index (κ2) is 7.41. The normalized spacial score (nSPS) is 34.8. The van der Waals surface area contributed by atoms with E-state index in [2.05, 4.69) is 4.90 Å². The molecule has 2 aromatic carbocycles. The summed E-state index contributed by atoms with van der Waals surface area (Å²) >= 11 is 0. The summed E-state index contributed by atoms with van der Waals surface area (Å²) in [6.45, 7) is 2.27. The van der Waals surface area contributed by atoms with Crippen molar-refractivity contribution >= 4 is 5.69 Å². The molecule has 3 fully saturated rings. The van der Waals surface area contributed by atoms with Crippen molar-refractivity contribution in [2.45, 2.75) is 74.4 Å². The summed E-state index contributed by atoms with van der Waals surface area (Å²) in [5.41, 5.74) is 1.55. The maximum absolute atomic E-state index is 12.5. The molecule has 0 aromatic heterocycles. The number of nitro benzene ring substituents is 1. The van der Waals surface area contributed by atoms with Gasteiger partial charge in [-0.2, -0.15) is 0 Å². The van der Waals surface area contributed by atoms with Crippen molar-refractivity contribution in [2.24, 2.45) is 5.92 Å². The molecular formula is C27H30N2O6. The van der Waals surface area contributed by atoms with Gasteiger partial charge in [0, 0.05) is 30.3 Å². The molecule has 5 atom stereocenters. The lowest BCUT2D eigenvalue weighted by Gasteiger charge is -2.64. The Hall–Kier alpha value is -2.68. The van der Waals surface area contributed by atoms with Crippen molar-refractivity contribution < 1.29 is 24.6 Å². The van der Waals surface area contributed by atoms with E-state index in [4.69, 9.17) is 9.47 Å². The maximum Gasteiger partial charge on any atom is 0.269 e. The third-order valence-corrected chi connectivity index (χ3v) is 9.32. The predicted octanol–water partition coefficient (Wildman–Crippen LogP) is 3.45. The molecule has 0 amide bonds. The summed E-state index contributed by atoms with van der Waals surface area (Å²) in [7, 11) is 0. The Labute approximate surface area is 203 Å². The first-order valence-electron chi connectivity index (χ1n) is 12.7. The molecule has 5 aliphatic rings. The number of hydrogen-bond acceptors (Lipinski definition) is 7. The number of piperidine rings is 1. The minimum Gasteiger partial charge on any atom is -0.504 e. The monoisotopic (exact) mass is 478 g/mol. The minimum atomic E-state index is -0.927. The molecule has 1 saturated heterocycles. The van der Waals surface area contributed by atoms with Gasteiger partial charge in [0.05, 0.1) is 28.7 Å². The topological polar surface area (TPSA) is 105 Å². The molecule has 8 heteroatoms. The predicted molar refractivity (Wildman–Crippen MR) is 126 cm³/mol. The van der Waals surface area contributed by atoms with Crippen LogP contribution in [0, 0.1) is 16.0 Å². The minimum absolute atomic E-state index is 0.0431. The van der Waals surface area contributed by atoms with Crippen molar-refractivity contribution in [1.29, 1.82) is 0 Å². The van der Waals surface area contributed by atoms with Gasteiger partial charge in [0.25, 0.3) is 5.69 Å². The lowest BCUT2D eigenvalue weighted by molar-refractivity contribution is -0.384. The van der Waals surface area contributed by atoms with Gasteiger partial charge in [-0.3, -0.25) is 15.0 Å². The Balaban J connectivity index is 1.23. The van der Waals surface area contributed by atoms with Gasteiger partial charge in [-0.25, -0.2) is 0 Å². The van der Waals surface area contributed by atoms with Crippen LogP contribution in [0.4, 0.5) is 5.69 Å². The van der Waals surface area contributed by atoms with Gasteiger partial charge in [-0.15, -0.1) is 0 Å². The molecule has 2 heterocycles. The van der Waals surface area contributed by atoms with Gasteiger partial charge < -0.3 is 19.7 Å². The van der Waals surface area contributed by atoms with E-state index in [1.165, 1.54) is 30.5 Å². The standard InChI is InChI=1S/C27H30N2O6/c30-20-8-5-18-13-22-27(31)10-9-21(34-15-17-3-6-19(7-4-17)29(32)33)25-26(27,23(18)24(20)35-25)11-12-28(22)14-16-1-2-16/h3-8,16,21-22,25,30-31H,1-2,9-15H2/t21-,22-,25+,26+,27-/m1/s1. The molecule has 0 radical (unpaired) electrons. The second-order valence-electron chi connectivity index (χ2n) is 11.1. The number of benzene rings is 2. The summed E-state index contributed by atoms with van der Waals surface area (Å²) in [5.74, 6) is 1.40. The van der Waals surface area contributed by atoms with Crippen LogP contribution in [-0.2, 0) is 23.2 Å². The number of nitro groups is 1. The third-order valence-electron chi connectivity index (χ3n) is 9.32. The first-order valence-corrected chi connectivity index (χ1v) is 12.7. The number of hydrogen-bond donors (Lipinski definition) is 2. The number of nitrogens with zero attached hydrogens (tertiary/aromatic N) is 2. The quantitative estimate of drug-likeness (QED) is 0.484. The molecule has 3 aliphatic carbocycles. The van der Waals surface area contributed by atoms with Crippen molar-refractivity contribution in [3.8, 4) is 11.5 Å². The molecule has 2 bridgehead atoms. The van der Waals surface area contributed by atoms with Crippen LogP contribution in [0.5, 0.6) is 11.5 Å². The van der Waals surface area contributed by atoms with E-state index >= 15 is 0 Å². The number of rotatable bonds is 6. The van der Waals surface area contributed by atoms with Crippen LogP contribution in [0.1, 0.15) is 48.8 Å². The highest BCUT2D eigenvalue weighted by atomic mass is 16.6. The first kappa shape index (κ1) is 21.6. The SMILES string of the molecule is O=[N+]([O-])c1ccc(CO[C@@H]2CC[C@@]3(O)[C@H]4Cc5ccc(O)c6c5[C@@]3(CCN4CC3CC3)[C@H]2O6)cc1. The Kier molecular flexibility index (Phi) is 4.57. The molecular weight excluding hydrogens is 448 g/mol. The van der Waals surface area contributed by atoms with E-state index in [0.29, 0.717) is 25.2 Å². The second-order valence-corrected chi connectivity index (χ2v) is 11.1. The van der Waals surface area contributed by atoms with Crippen LogP contribution in [0.3, 0.4) is 0 Å². The fraction of sp³-hybridized carbons (Fsp3) is 0.556. The van der Waals surface area contributed by atoms with E-state index < -0.39 is 15.9 Å². The van der Waals surface area contributed by atoms with Gasteiger partial charge in [0.1, 0.15) is 6.10 Å². The van der Waals surface area contributed by atoms with Crippen molar-refractivity contribution in [3.05, 3.63) is 63.2 Å². The van der Waals surface area contributed by atoms with Gasteiger partial charge in [-0.05, 0) is 80.3 Å². The lowest BCUT2D eigenvalue weighted by atomic mass is 9.48. The van der Waals surface area contributed by atoms with Gasteiger partial charge in [0.15, 0.2) is 11.5 Å². The Morgan fingerprint density at radius 2 is 1.94 bits per heavy atom. The maximum atomic E-state index is 12.5. The van der Waals surface area contributed by atoms with Crippen LogP contribution in [0.15, 0.2) is 36.4 Å². The number of likely N-dealkylation sites (tertiary alicyclic amines) is 1. The molecule has 184 valence electrons. The van der Waals surface area contributed by atoms with E-state index in [1.807, 2.05) is 6.07 Å². The third kappa shape index (κ3) is 2.96. The van der Waals surface area contributed by atoms with Crippen molar-refractivity contribution in [1.82, 2.24) is 4.90 Å². The van der Waals surface area contributed by atoms with E-state index in [1.54, 1.807) is 18.2 Å². The number of ether oxygens (including phenoxy) is 2. The molecule has 2 aliphatic heterocycles. The van der Waals surface area contributed by atoms with Crippen molar-refractivity contribution in [3.63, 3.8) is 0 Å². The lowest BCUT2D eigenvalue weighted by Crippen LogP contribution is -2.77. The number of phenolic OH excluding ortho intramolecular Hbond substituents is 1. The average Bonchev–Trinajstić information content (AvgIpc) is 3.59. The van der Waals surface area contributed by atoms with Crippen LogP contribution in [0.2, 0.25) is 0 Å². The average molecular weight is 479 g/mol. The van der Waals surface area contributed by atoms with E-state index in [0.717, 1.165) is 43.0 Å². The fourth-order valence-corrected chi connectivity index (χ4v) is 7.52. The summed E-state index contributed by atoms with van der Waals surface area (Å²) in [6.07, 6.45) is 4.77. The number of aromatic hydroxyl groups is 1. The van der Waals surface area contributed by atoms with Crippen LogP contribution < -0.4 is 4.74 Å². The Bertz CT molecular complexity index is 1200. The molecule has 7 rings (SSSR count). The highest BCUT2D eigenvalue weighted by Gasteiger charge is 2.73. The first-order chi connectivity index (χ1) is 16.9. The van der Waals surface area contributed by atoms with Crippen LogP contribution >= 0.6 is 0 Å². The molecule has 2 N–H and O–H groups in total. The summed E-state index contributed by atoms with van der Waals surface area (Å²) in [6, 6.07) is 10.2. The van der Waals surface area contributed by atoms with Gasteiger partial charge >= 0.3 is 0 Å². The van der Waals surface area contributed by atoms with Gasteiger partial charge in [0.2, 0.25) is 0 Å². The van der Waals surface area contributed by atoms with Crippen LogP contribution in [-0.4, -0.2) is 57.0 Å². The molecule has 1 spiro atoms. The van der Waals surface area contributed by atoms with E-state index in [9.17, 15) is 20.3 Å². The zero-order valence-electron chi connectivity index (χ0n) is 19.6. The fourth-order valence-electron chi connectivity index (χ4n) is 7.52. The number of aliphatic hydroxyl groups is 1. The largest absolute Gasteiger partial charge is 0.504 e. The number of non-ortho nitro benzene ring substituents is 1. The molecule has 2 saturated carbocycles. The Morgan fingerprint density at radius 1 is 1.14 bits per heavy atom. The zero-order valence-corrected chi connectivity index (χ0v) is 19.6. The number of phenols is 1. The summed E-state index contributed by atoms with van der Waals surface area (Å²) in [4.78, 5) is 13.1. The highest BCUT2D eigenvalue weighted by molar-refractivity contribution is 5.62. The molecule has 35 heavy (non-hydrogen) atoms. The smallest absolute Gasteiger partial charge is 0.269 e.